The van der Waals surface area contributed by atoms with Gasteiger partial charge in [-0.2, -0.15) is 0 Å². The maximum atomic E-state index is 4.52. The van der Waals surface area contributed by atoms with Gasteiger partial charge in [0.15, 0.2) is 0 Å². The van der Waals surface area contributed by atoms with Gasteiger partial charge in [-0.15, -0.1) is 0 Å². The molecule has 0 fully saturated rings. The molecule has 1 unspecified atom stereocenters. The molecule has 0 bridgehead atoms. The van der Waals surface area contributed by atoms with Crippen LogP contribution in [0.3, 0.4) is 0 Å². The molecule has 1 atom stereocenters. The van der Waals surface area contributed by atoms with Crippen LogP contribution in [0.1, 0.15) is 51.0 Å². The van der Waals surface area contributed by atoms with Crippen LogP contribution in [0.2, 0.25) is 0 Å². The molecule has 1 N–H and O–H groups in total. The highest BCUT2D eigenvalue weighted by molar-refractivity contribution is 9.09. The highest BCUT2D eigenvalue weighted by Gasteiger charge is 2.06. The summed E-state index contributed by atoms with van der Waals surface area (Å²) >= 11 is 3.63. The Hall–Kier alpha value is -0.640. The second-order valence-corrected chi connectivity index (χ2v) is 5.92. The molecule has 17 heavy (non-hydrogen) atoms. The fraction of sp³-hybridized carbons (Fsp3) is 0.692. The Morgan fingerprint density at radius 2 is 2.06 bits per heavy atom. The number of nitrogens with one attached hydrogen (secondary N) is 1. The maximum absolute atomic E-state index is 4.52. The number of aromatic nitrogens is 2. The fourth-order valence-corrected chi connectivity index (χ4v) is 1.73. The minimum atomic E-state index is 0.370. The molecular formula is C13H22BrN3. The van der Waals surface area contributed by atoms with Crippen molar-refractivity contribution in [3.63, 3.8) is 0 Å². The van der Waals surface area contributed by atoms with E-state index in [9.17, 15) is 0 Å². The first kappa shape index (κ1) is 14.4. The van der Waals surface area contributed by atoms with E-state index in [4.69, 9.17) is 0 Å². The van der Waals surface area contributed by atoms with Crippen LogP contribution in [0.5, 0.6) is 0 Å². The average Bonchev–Trinajstić information content (AvgIpc) is 2.28. The first-order chi connectivity index (χ1) is 8.02. The van der Waals surface area contributed by atoms with E-state index in [1.165, 1.54) is 0 Å². The second-order valence-electron chi connectivity index (χ2n) is 4.63. The van der Waals surface area contributed by atoms with Crippen LogP contribution in [-0.4, -0.2) is 21.3 Å². The van der Waals surface area contributed by atoms with Crippen molar-refractivity contribution in [2.24, 2.45) is 0 Å². The number of nitrogens with zero attached hydrogens (tertiary/aromatic N) is 2. The molecule has 0 aromatic carbocycles. The lowest BCUT2D eigenvalue weighted by atomic mass is 10.2. The van der Waals surface area contributed by atoms with E-state index in [0.717, 1.165) is 36.7 Å². The average molecular weight is 300 g/mol. The molecule has 0 aliphatic heterocycles. The zero-order valence-electron chi connectivity index (χ0n) is 11.1. The molecule has 0 amide bonds. The maximum Gasteiger partial charge on any atom is 0.133 e. The van der Waals surface area contributed by atoms with Gasteiger partial charge in [0.1, 0.15) is 11.6 Å². The summed E-state index contributed by atoms with van der Waals surface area (Å²) in [5, 5.41) is 3.36. The van der Waals surface area contributed by atoms with Crippen LogP contribution < -0.4 is 5.32 Å². The van der Waals surface area contributed by atoms with Gasteiger partial charge in [-0.3, -0.25) is 0 Å². The van der Waals surface area contributed by atoms with Gasteiger partial charge in [0, 0.05) is 29.1 Å². The number of halogens is 1. The van der Waals surface area contributed by atoms with Crippen molar-refractivity contribution in [3.8, 4) is 0 Å². The van der Waals surface area contributed by atoms with Crippen molar-refractivity contribution in [3.05, 3.63) is 17.6 Å². The molecule has 1 rings (SSSR count). The minimum absolute atomic E-state index is 0.370. The lowest BCUT2D eigenvalue weighted by molar-refractivity contribution is 0.754. The number of aryl methyl sites for hydroxylation is 1. The van der Waals surface area contributed by atoms with Crippen LogP contribution in [0.4, 0.5) is 5.82 Å². The van der Waals surface area contributed by atoms with Gasteiger partial charge in [-0.1, -0.05) is 36.7 Å². The summed E-state index contributed by atoms with van der Waals surface area (Å²) in [7, 11) is 0. The van der Waals surface area contributed by atoms with Crippen molar-refractivity contribution in [2.75, 3.05) is 11.9 Å². The minimum Gasteiger partial charge on any atom is -0.370 e. The standard InChI is InChI=1S/C13H22BrN3/c1-5-11(14)6-7-15-12-8-10(4)16-13(17-12)9(2)3/h8-9,11H,5-7H2,1-4H3,(H,15,16,17). The molecular weight excluding hydrogens is 278 g/mol. The van der Waals surface area contributed by atoms with Gasteiger partial charge >= 0.3 is 0 Å². The first-order valence-corrected chi connectivity index (χ1v) is 7.18. The highest BCUT2D eigenvalue weighted by atomic mass is 79.9. The Morgan fingerprint density at radius 3 is 2.65 bits per heavy atom. The third-order valence-electron chi connectivity index (χ3n) is 2.59. The largest absolute Gasteiger partial charge is 0.370 e. The second kappa shape index (κ2) is 6.94. The lowest BCUT2D eigenvalue weighted by Gasteiger charge is -2.11. The Kier molecular flexibility index (Phi) is 5.89. The number of rotatable bonds is 6. The molecule has 1 heterocycles. The van der Waals surface area contributed by atoms with Gasteiger partial charge in [-0.25, -0.2) is 9.97 Å². The topological polar surface area (TPSA) is 37.8 Å². The summed E-state index contributed by atoms with van der Waals surface area (Å²) in [6.45, 7) is 9.37. The van der Waals surface area contributed by atoms with Gasteiger partial charge in [-0.05, 0) is 19.8 Å². The lowest BCUT2D eigenvalue weighted by Crippen LogP contribution is -2.10. The Labute approximate surface area is 113 Å². The van der Waals surface area contributed by atoms with E-state index in [-0.39, 0.29) is 0 Å². The van der Waals surface area contributed by atoms with Crippen molar-refractivity contribution >= 4 is 21.7 Å². The van der Waals surface area contributed by atoms with E-state index >= 15 is 0 Å². The summed E-state index contributed by atoms with van der Waals surface area (Å²) in [5.41, 5.74) is 1.03. The third kappa shape index (κ3) is 5.02. The van der Waals surface area contributed by atoms with Crippen LogP contribution in [0.15, 0.2) is 6.07 Å². The predicted octanol–water partition coefficient (Wildman–Crippen LogP) is 3.88. The van der Waals surface area contributed by atoms with E-state index < -0.39 is 0 Å². The van der Waals surface area contributed by atoms with E-state index in [2.05, 4.69) is 52.0 Å². The van der Waals surface area contributed by atoms with Crippen LogP contribution >= 0.6 is 15.9 Å². The molecule has 1 aromatic heterocycles. The molecule has 0 aliphatic carbocycles. The fourth-order valence-electron chi connectivity index (χ4n) is 1.50. The van der Waals surface area contributed by atoms with Crippen LogP contribution in [0, 0.1) is 6.92 Å². The summed E-state index contributed by atoms with van der Waals surface area (Å²) in [6.07, 6.45) is 2.26. The zero-order chi connectivity index (χ0) is 12.8. The smallest absolute Gasteiger partial charge is 0.133 e. The summed E-state index contributed by atoms with van der Waals surface area (Å²) in [6, 6.07) is 2.00. The first-order valence-electron chi connectivity index (χ1n) is 6.26. The monoisotopic (exact) mass is 299 g/mol. The number of anilines is 1. The summed E-state index contributed by atoms with van der Waals surface area (Å²) in [5.74, 6) is 2.23. The van der Waals surface area contributed by atoms with Crippen molar-refractivity contribution in [1.82, 2.24) is 9.97 Å². The van der Waals surface area contributed by atoms with Crippen molar-refractivity contribution < 1.29 is 0 Å². The van der Waals surface area contributed by atoms with Crippen LogP contribution in [-0.2, 0) is 0 Å². The molecule has 0 radical (unpaired) electrons. The summed E-state index contributed by atoms with van der Waals surface area (Å²) < 4.78 is 0. The molecule has 0 aliphatic rings. The van der Waals surface area contributed by atoms with Crippen molar-refractivity contribution in [1.29, 1.82) is 0 Å². The van der Waals surface area contributed by atoms with Crippen LogP contribution in [0.25, 0.3) is 0 Å². The molecule has 0 saturated heterocycles. The van der Waals surface area contributed by atoms with Gasteiger partial charge in [0.05, 0.1) is 0 Å². The van der Waals surface area contributed by atoms with E-state index in [0.29, 0.717) is 10.7 Å². The van der Waals surface area contributed by atoms with Gasteiger partial charge < -0.3 is 5.32 Å². The van der Waals surface area contributed by atoms with Gasteiger partial charge in [0.2, 0.25) is 0 Å². The Morgan fingerprint density at radius 1 is 1.35 bits per heavy atom. The van der Waals surface area contributed by atoms with Crippen molar-refractivity contribution in [2.45, 2.75) is 51.3 Å². The SMILES string of the molecule is CCC(Br)CCNc1cc(C)nc(C(C)C)n1. The molecule has 3 nitrogen and oxygen atoms in total. The number of alkyl halides is 1. The number of hydrogen-bond donors (Lipinski definition) is 1. The highest BCUT2D eigenvalue weighted by Crippen LogP contribution is 2.14. The third-order valence-corrected chi connectivity index (χ3v) is 3.70. The Bertz CT molecular complexity index is 353. The number of hydrogen-bond acceptors (Lipinski definition) is 3. The van der Waals surface area contributed by atoms with Gasteiger partial charge in [0.25, 0.3) is 0 Å². The predicted molar refractivity (Wildman–Crippen MR) is 77.0 cm³/mol. The Balaban J connectivity index is 2.59. The van der Waals surface area contributed by atoms with E-state index in [1.807, 2.05) is 13.0 Å². The van der Waals surface area contributed by atoms with E-state index in [1.54, 1.807) is 0 Å². The molecule has 96 valence electrons. The quantitative estimate of drug-likeness (QED) is 0.810. The molecule has 0 saturated carbocycles. The summed E-state index contributed by atoms with van der Waals surface area (Å²) in [4.78, 5) is 9.54. The normalized spacial score (nSPS) is 12.8. The molecule has 0 spiro atoms. The molecule has 4 heteroatoms. The zero-order valence-corrected chi connectivity index (χ0v) is 12.7. The molecule has 1 aromatic rings.